The summed E-state index contributed by atoms with van der Waals surface area (Å²) in [6.07, 6.45) is 2.81. The average molecular weight is 405 g/mol. The molecule has 156 valence electrons. The zero-order valence-corrected chi connectivity index (χ0v) is 17.7. The largest absolute Gasteiger partial charge is 0.486 e. The molecule has 0 saturated heterocycles. The van der Waals surface area contributed by atoms with Crippen molar-refractivity contribution >= 4 is 22.7 Å². The summed E-state index contributed by atoms with van der Waals surface area (Å²) < 4.78 is 12.0. The van der Waals surface area contributed by atoms with E-state index in [1.807, 2.05) is 39.0 Å². The van der Waals surface area contributed by atoms with Crippen LogP contribution in [0, 0.1) is 6.92 Å². The summed E-state index contributed by atoms with van der Waals surface area (Å²) in [5, 5.41) is 3.62. The van der Waals surface area contributed by atoms with Crippen LogP contribution in [0.5, 0.6) is 5.75 Å². The number of Topliss-reactive ketones (excluding diaryl/α,β-unsaturated/α-hetero) is 1. The van der Waals surface area contributed by atoms with E-state index in [4.69, 9.17) is 9.15 Å². The van der Waals surface area contributed by atoms with Crippen molar-refractivity contribution < 1.29 is 18.7 Å². The van der Waals surface area contributed by atoms with Crippen LogP contribution >= 0.6 is 0 Å². The Morgan fingerprint density at radius 1 is 1.17 bits per heavy atom. The van der Waals surface area contributed by atoms with Crippen LogP contribution in [0.25, 0.3) is 11.0 Å². The van der Waals surface area contributed by atoms with Gasteiger partial charge in [0.2, 0.25) is 0 Å². The minimum Gasteiger partial charge on any atom is -0.486 e. The van der Waals surface area contributed by atoms with Crippen molar-refractivity contribution in [3.8, 4) is 5.75 Å². The number of nitrogens with one attached hydrogen (secondary N) is 1. The third-order valence-corrected chi connectivity index (χ3v) is 5.95. The van der Waals surface area contributed by atoms with Crippen molar-refractivity contribution in [2.45, 2.75) is 52.1 Å². The third-order valence-electron chi connectivity index (χ3n) is 5.95. The lowest BCUT2D eigenvalue weighted by Gasteiger charge is -2.34. The van der Waals surface area contributed by atoms with Gasteiger partial charge in [-0.05, 0) is 50.8 Å². The van der Waals surface area contributed by atoms with Crippen LogP contribution in [0.4, 0.5) is 0 Å². The summed E-state index contributed by atoms with van der Waals surface area (Å²) in [7, 11) is 0. The van der Waals surface area contributed by atoms with E-state index in [0.29, 0.717) is 40.8 Å². The number of ketones is 1. The standard InChI is InChI=1S/C25H27NO4/c1-4-25(3)15-18(27)22-20(30-25)13-12-19-21(22)16(2)23(29-19)24(28)26-14-8-11-17-9-6-5-7-10-17/h5-7,9-10,12-13H,4,8,11,14-15H2,1-3H3,(H,26,28). The van der Waals surface area contributed by atoms with Gasteiger partial charge in [-0.15, -0.1) is 0 Å². The molecule has 1 aliphatic rings. The highest BCUT2D eigenvalue weighted by Gasteiger charge is 2.37. The lowest BCUT2D eigenvalue weighted by molar-refractivity contribution is 0.0503. The summed E-state index contributed by atoms with van der Waals surface area (Å²) in [6, 6.07) is 13.7. The Morgan fingerprint density at radius 3 is 2.67 bits per heavy atom. The molecule has 1 N–H and O–H groups in total. The van der Waals surface area contributed by atoms with Crippen LogP contribution in [0.1, 0.15) is 65.1 Å². The number of carbonyl (C=O) groups is 2. The number of furan rings is 1. The zero-order chi connectivity index (χ0) is 21.3. The summed E-state index contributed by atoms with van der Waals surface area (Å²) in [6.45, 7) is 6.35. The predicted molar refractivity (Wildman–Crippen MR) is 116 cm³/mol. The molecule has 0 aliphatic carbocycles. The maximum absolute atomic E-state index is 12.9. The van der Waals surface area contributed by atoms with Gasteiger partial charge >= 0.3 is 0 Å². The predicted octanol–water partition coefficient (Wildman–Crippen LogP) is 5.24. The quantitative estimate of drug-likeness (QED) is 0.570. The van der Waals surface area contributed by atoms with E-state index in [2.05, 4.69) is 17.4 Å². The Morgan fingerprint density at radius 2 is 1.93 bits per heavy atom. The van der Waals surface area contributed by atoms with Crippen LogP contribution in [0.15, 0.2) is 46.9 Å². The Bertz CT molecular complexity index is 1100. The fraction of sp³-hybridized carbons (Fsp3) is 0.360. The van der Waals surface area contributed by atoms with E-state index < -0.39 is 5.60 Å². The zero-order valence-electron chi connectivity index (χ0n) is 17.7. The normalized spacial score (nSPS) is 18.2. The molecule has 0 radical (unpaired) electrons. The Hall–Kier alpha value is -3.08. The fourth-order valence-electron chi connectivity index (χ4n) is 4.05. The summed E-state index contributed by atoms with van der Waals surface area (Å²) in [5.41, 5.74) is 2.50. The van der Waals surface area contributed by atoms with Crippen LogP contribution in [0.3, 0.4) is 0 Å². The van der Waals surface area contributed by atoms with Gasteiger partial charge in [0.1, 0.15) is 16.9 Å². The van der Waals surface area contributed by atoms with Gasteiger partial charge in [-0.25, -0.2) is 0 Å². The van der Waals surface area contributed by atoms with Gasteiger partial charge in [0.25, 0.3) is 5.91 Å². The van der Waals surface area contributed by atoms with E-state index >= 15 is 0 Å². The second-order valence-electron chi connectivity index (χ2n) is 8.22. The summed E-state index contributed by atoms with van der Waals surface area (Å²) in [4.78, 5) is 25.7. The summed E-state index contributed by atoms with van der Waals surface area (Å²) >= 11 is 0. The van der Waals surface area contributed by atoms with Gasteiger partial charge in [-0.1, -0.05) is 37.3 Å². The number of amides is 1. The van der Waals surface area contributed by atoms with Crippen molar-refractivity contribution in [3.05, 3.63) is 64.9 Å². The van der Waals surface area contributed by atoms with Gasteiger partial charge in [0, 0.05) is 17.5 Å². The van der Waals surface area contributed by atoms with Gasteiger partial charge < -0.3 is 14.5 Å². The minimum absolute atomic E-state index is 0.0323. The number of carbonyl (C=O) groups excluding carboxylic acids is 2. The highest BCUT2D eigenvalue weighted by atomic mass is 16.5. The first-order valence-corrected chi connectivity index (χ1v) is 10.5. The van der Waals surface area contributed by atoms with Crippen molar-refractivity contribution in [3.63, 3.8) is 0 Å². The molecule has 1 aromatic heterocycles. The number of ether oxygens (including phenoxy) is 1. The number of aryl methyl sites for hydroxylation is 2. The molecular formula is C25H27NO4. The molecular weight excluding hydrogens is 378 g/mol. The molecule has 5 nitrogen and oxygen atoms in total. The van der Waals surface area contributed by atoms with Crippen LogP contribution in [-0.2, 0) is 6.42 Å². The third kappa shape index (κ3) is 3.72. The molecule has 0 spiro atoms. The van der Waals surface area contributed by atoms with Crippen LogP contribution in [0.2, 0.25) is 0 Å². The number of hydrogen-bond acceptors (Lipinski definition) is 4. The van der Waals surface area contributed by atoms with Crippen LogP contribution < -0.4 is 10.1 Å². The molecule has 4 rings (SSSR count). The first-order chi connectivity index (χ1) is 14.4. The molecule has 3 aromatic rings. The fourth-order valence-corrected chi connectivity index (χ4v) is 4.05. The molecule has 1 amide bonds. The highest BCUT2D eigenvalue weighted by Crippen LogP contribution is 2.41. The Labute approximate surface area is 176 Å². The summed E-state index contributed by atoms with van der Waals surface area (Å²) in [5.74, 6) is 0.606. The molecule has 2 heterocycles. The SMILES string of the molecule is CCC1(C)CC(=O)c2c(ccc3oc(C(=O)NCCCc4ccccc4)c(C)c23)O1. The first kappa shape index (κ1) is 20.2. The second kappa shape index (κ2) is 7.98. The molecule has 0 bridgehead atoms. The molecule has 0 saturated carbocycles. The number of rotatable bonds is 6. The van der Waals surface area contributed by atoms with Gasteiger partial charge in [-0.3, -0.25) is 9.59 Å². The molecule has 2 aromatic carbocycles. The van der Waals surface area contributed by atoms with Crippen molar-refractivity contribution in [1.29, 1.82) is 0 Å². The van der Waals surface area contributed by atoms with E-state index in [9.17, 15) is 9.59 Å². The van der Waals surface area contributed by atoms with E-state index in [0.717, 1.165) is 19.3 Å². The highest BCUT2D eigenvalue weighted by molar-refractivity contribution is 6.13. The van der Waals surface area contributed by atoms with Crippen molar-refractivity contribution in [2.24, 2.45) is 0 Å². The molecule has 30 heavy (non-hydrogen) atoms. The van der Waals surface area contributed by atoms with Crippen molar-refractivity contribution in [1.82, 2.24) is 5.32 Å². The van der Waals surface area contributed by atoms with Gasteiger partial charge in [-0.2, -0.15) is 0 Å². The molecule has 1 atom stereocenters. The second-order valence-corrected chi connectivity index (χ2v) is 8.22. The van der Waals surface area contributed by atoms with E-state index in [1.54, 1.807) is 12.1 Å². The van der Waals surface area contributed by atoms with Crippen LogP contribution in [-0.4, -0.2) is 23.8 Å². The topological polar surface area (TPSA) is 68.5 Å². The molecule has 1 aliphatic heterocycles. The van der Waals surface area contributed by atoms with E-state index in [-0.39, 0.29) is 17.5 Å². The van der Waals surface area contributed by atoms with Crippen molar-refractivity contribution in [2.75, 3.05) is 6.54 Å². The monoisotopic (exact) mass is 405 g/mol. The van der Waals surface area contributed by atoms with Gasteiger partial charge in [0.05, 0.1) is 12.0 Å². The lowest BCUT2D eigenvalue weighted by Crippen LogP contribution is -2.38. The molecule has 1 unspecified atom stereocenters. The average Bonchev–Trinajstić information content (AvgIpc) is 3.08. The number of fused-ring (bicyclic) bond motifs is 3. The Balaban J connectivity index is 1.53. The molecule has 0 fully saturated rings. The number of benzene rings is 2. The van der Waals surface area contributed by atoms with E-state index in [1.165, 1.54) is 5.56 Å². The number of hydrogen-bond donors (Lipinski definition) is 1. The first-order valence-electron chi connectivity index (χ1n) is 10.5. The maximum atomic E-state index is 12.9. The Kier molecular flexibility index (Phi) is 5.37. The smallest absolute Gasteiger partial charge is 0.287 e. The lowest BCUT2D eigenvalue weighted by atomic mass is 9.87. The maximum Gasteiger partial charge on any atom is 0.287 e. The minimum atomic E-state index is -0.492. The van der Waals surface area contributed by atoms with Gasteiger partial charge in [0.15, 0.2) is 11.5 Å². The molecule has 5 heteroatoms.